The molecular weight excluding hydrogens is 472 g/mol. The second kappa shape index (κ2) is 9.86. The van der Waals surface area contributed by atoms with Gasteiger partial charge in [0.1, 0.15) is 11.1 Å². The Bertz CT molecular complexity index is 1170. The van der Waals surface area contributed by atoms with Gasteiger partial charge in [-0.1, -0.05) is 0 Å². The van der Waals surface area contributed by atoms with Gasteiger partial charge in [0.25, 0.3) is 34.6 Å². The Morgan fingerprint density at radius 1 is 0.600 bits per heavy atom. The van der Waals surface area contributed by atoms with Crippen LogP contribution in [0.3, 0.4) is 0 Å². The van der Waals surface area contributed by atoms with E-state index in [0.717, 1.165) is 24.3 Å². The monoisotopic (exact) mass is 488 g/mol. The lowest BCUT2D eigenvalue weighted by Gasteiger charge is -2.22. The molecule has 0 atom stereocenters. The summed E-state index contributed by atoms with van der Waals surface area (Å²) in [7, 11) is 0. The van der Waals surface area contributed by atoms with Crippen molar-refractivity contribution < 1.29 is 29.3 Å². The minimum Gasteiger partial charge on any atom is -0.337 e. The standard InChI is InChI=1S/C19H16N6O10/c26-18(14-4-2-12(22(28)29)10-16(14)24(32)33)20-6-1-7-21(9-8-20)19(27)15-5-3-13(23(30)31)11-17(15)25(34)35/h2-5,10-11H,1,6-9H2. The Balaban J connectivity index is 1.82. The quantitative estimate of drug-likeness (QED) is 0.427. The van der Waals surface area contributed by atoms with E-state index in [1.54, 1.807) is 0 Å². The van der Waals surface area contributed by atoms with Gasteiger partial charge in [-0.25, -0.2) is 0 Å². The fourth-order valence-corrected chi connectivity index (χ4v) is 3.60. The molecule has 2 aromatic rings. The van der Waals surface area contributed by atoms with Crippen LogP contribution in [0.2, 0.25) is 0 Å². The van der Waals surface area contributed by atoms with Crippen molar-refractivity contribution in [3.8, 4) is 0 Å². The van der Waals surface area contributed by atoms with Crippen molar-refractivity contribution in [2.45, 2.75) is 6.42 Å². The van der Waals surface area contributed by atoms with Gasteiger partial charge >= 0.3 is 0 Å². The lowest BCUT2D eigenvalue weighted by atomic mass is 10.1. The van der Waals surface area contributed by atoms with E-state index in [4.69, 9.17) is 0 Å². The van der Waals surface area contributed by atoms with Crippen LogP contribution in [-0.2, 0) is 0 Å². The van der Waals surface area contributed by atoms with E-state index in [1.807, 2.05) is 0 Å². The fourth-order valence-electron chi connectivity index (χ4n) is 3.60. The average Bonchev–Trinajstić information content (AvgIpc) is 3.08. The minimum atomic E-state index is -0.901. The number of non-ortho nitro benzene ring substituents is 2. The highest BCUT2D eigenvalue weighted by Gasteiger charge is 2.32. The first kappa shape index (κ1) is 24.6. The molecular formula is C19H16N6O10. The normalized spacial score (nSPS) is 13.6. The smallest absolute Gasteiger partial charge is 0.289 e. The zero-order valence-corrected chi connectivity index (χ0v) is 17.8. The molecule has 0 unspecified atom stereocenters. The Kier molecular flexibility index (Phi) is 6.93. The van der Waals surface area contributed by atoms with Crippen molar-refractivity contribution >= 4 is 34.6 Å². The third-order valence-electron chi connectivity index (χ3n) is 5.31. The summed E-state index contributed by atoms with van der Waals surface area (Å²) in [4.78, 5) is 69.5. The van der Waals surface area contributed by atoms with E-state index < -0.39 is 54.3 Å². The van der Waals surface area contributed by atoms with Crippen molar-refractivity contribution in [1.82, 2.24) is 9.80 Å². The molecule has 3 rings (SSSR count). The van der Waals surface area contributed by atoms with E-state index in [9.17, 15) is 50.0 Å². The summed E-state index contributed by atoms with van der Waals surface area (Å²) >= 11 is 0. The van der Waals surface area contributed by atoms with Crippen LogP contribution in [0.15, 0.2) is 36.4 Å². The molecule has 35 heavy (non-hydrogen) atoms. The maximum absolute atomic E-state index is 12.9. The molecule has 182 valence electrons. The number of benzene rings is 2. The van der Waals surface area contributed by atoms with Gasteiger partial charge in [0.2, 0.25) is 0 Å². The predicted molar refractivity (Wildman–Crippen MR) is 116 cm³/mol. The molecule has 1 aliphatic rings. The van der Waals surface area contributed by atoms with Gasteiger partial charge in [-0.05, 0) is 18.6 Å². The maximum Gasteiger partial charge on any atom is 0.289 e. The first-order valence-electron chi connectivity index (χ1n) is 9.95. The summed E-state index contributed by atoms with van der Waals surface area (Å²) in [5, 5.41) is 44.6. The van der Waals surface area contributed by atoms with Crippen molar-refractivity contribution in [1.29, 1.82) is 0 Å². The van der Waals surface area contributed by atoms with Crippen molar-refractivity contribution in [2.24, 2.45) is 0 Å². The molecule has 0 saturated carbocycles. The Labute approximate surface area is 194 Å². The Hall–Kier alpha value is -5.02. The molecule has 2 amide bonds. The van der Waals surface area contributed by atoms with E-state index in [0.29, 0.717) is 12.1 Å². The molecule has 1 fully saturated rings. The molecule has 0 aliphatic carbocycles. The van der Waals surface area contributed by atoms with E-state index in [1.165, 1.54) is 9.80 Å². The zero-order chi connectivity index (χ0) is 25.9. The number of carbonyl (C=O) groups is 2. The van der Waals surface area contributed by atoms with E-state index in [-0.39, 0.29) is 43.7 Å². The van der Waals surface area contributed by atoms with Crippen LogP contribution >= 0.6 is 0 Å². The highest BCUT2D eigenvalue weighted by molar-refractivity contribution is 5.99. The highest BCUT2D eigenvalue weighted by atomic mass is 16.6. The molecule has 1 heterocycles. The third-order valence-corrected chi connectivity index (χ3v) is 5.31. The van der Waals surface area contributed by atoms with Gasteiger partial charge < -0.3 is 9.80 Å². The number of hydrogen-bond donors (Lipinski definition) is 0. The summed E-state index contributed by atoms with van der Waals surface area (Å²) < 4.78 is 0. The molecule has 0 bridgehead atoms. The lowest BCUT2D eigenvalue weighted by molar-refractivity contribution is -0.394. The zero-order valence-electron chi connectivity index (χ0n) is 17.8. The van der Waals surface area contributed by atoms with Gasteiger partial charge in [0, 0.05) is 38.3 Å². The molecule has 0 N–H and O–H groups in total. The van der Waals surface area contributed by atoms with Crippen LogP contribution in [0.5, 0.6) is 0 Å². The van der Waals surface area contributed by atoms with Gasteiger partial charge in [-0.3, -0.25) is 50.0 Å². The summed E-state index contributed by atoms with van der Waals surface area (Å²) in [5.41, 5.74) is -3.28. The molecule has 2 aromatic carbocycles. The van der Waals surface area contributed by atoms with E-state index >= 15 is 0 Å². The third kappa shape index (κ3) is 5.15. The molecule has 0 spiro atoms. The Morgan fingerprint density at radius 2 is 0.971 bits per heavy atom. The number of amides is 2. The van der Waals surface area contributed by atoms with Gasteiger partial charge in [-0.2, -0.15) is 0 Å². The second-order valence-electron chi connectivity index (χ2n) is 7.37. The van der Waals surface area contributed by atoms with Crippen LogP contribution in [0.4, 0.5) is 22.7 Å². The number of carbonyl (C=O) groups excluding carboxylic acids is 2. The van der Waals surface area contributed by atoms with Crippen LogP contribution in [-0.4, -0.2) is 67.5 Å². The summed E-state index contributed by atoms with van der Waals surface area (Å²) in [6.07, 6.45) is 0.235. The first-order chi connectivity index (χ1) is 16.5. The number of hydrogen-bond acceptors (Lipinski definition) is 10. The minimum absolute atomic E-state index is 0.0699. The highest BCUT2D eigenvalue weighted by Crippen LogP contribution is 2.28. The summed E-state index contributed by atoms with van der Waals surface area (Å²) in [6, 6.07) is 5.31. The first-order valence-corrected chi connectivity index (χ1v) is 9.95. The number of nitro groups is 4. The summed E-state index contributed by atoms with van der Waals surface area (Å²) in [6.45, 7) is 0.0528. The molecule has 16 heteroatoms. The van der Waals surface area contributed by atoms with Crippen molar-refractivity contribution in [3.63, 3.8) is 0 Å². The van der Waals surface area contributed by atoms with Crippen LogP contribution in [0, 0.1) is 40.5 Å². The van der Waals surface area contributed by atoms with Crippen LogP contribution in [0.1, 0.15) is 27.1 Å². The van der Waals surface area contributed by atoms with Crippen molar-refractivity contribution in [2.75, 3.05) is 26.2 Å². The van der Waals surface area contributed by atoms with Crippen molar-refractivity contribution in [3.05, 3.63) is 88.0 Å². The average molecular weight is 488 g/mol. The molecule has 1 saturated heterocycles. The topological polar surface area (TPSA) is 213 Å². The maximum atomic E-state index is 12.9. The van der Waals surface area contributed by atoms with Gasteiger partial charge in [-0.15, -0.1) is 0 Å². The van der Waals surface area contributed by atoms with Crippen LogP contribution < -0.4 is 0 Å². The number of rotatable bonds is 6. The molecule has 16 nitrogen and oxygen atoms in total. The molecule has 0 aromatic heterocycles. The SMILES string of the molecule is O=C(c1ccc([N+](=O)[O-])cc1[N+](=O)[O-])N1CCCN(C(=O)c2ccc([N+](=O)[O-])cc2[N+](=O)[O-])CC1. The van der Waals surface area contributed by atoms with Gasteiger partial charge in [0.05, 0.1) is 31.8 Å². The molecule has 1 aliphatic heterocycles. The van der Waals surface area contributed by atoms with E-state index in [2.05, 4.69) is 0 Å². The fraction of sp³-hybridized carbons (Fsp3) is 0.263. The van der Waals surface area contributed by atoms with Crippen LogP contribution in [0.25, 0.3) is 0 Å². The molecule has 0 radical (unpaired) electrons. The second-order valence-corrected chi connectivity index (χ2v) is 7.37. The largest absolute Gasteiger partial charge is 0.337 e. The predicted octanol–water partition coefficient (Wildman–Crippen LogP) is 2.31. The number of nitrogens with zero attached hydrogens (tertiary/aromatic N) is 6. The number of nitro benzene ring substituents is 4. The summed E-state index contributed by atoms with van der Waals surface area (Å²) in [5.74, 6) is -1.52. The lowest BCUT2D eigenvalue weighted by Crippen LogP contribution is -2.37. The van der Waals surface area contributed by atoms with Gasteiger partial charge in [0.15, 0.2) is 0 Å². The Morgan fingerprint density at radius 3 is 1.29 bits per heavy atom.